The summed E-state index contributed by atoms with van der Waals surface area (Å²) >= 11 is 0. The van der Waals surface area contributed by atoms with Crippen molar-refractivity contribution >= 4 is 28.7 Å². The van der Waals surface area contributed by atoms with Crippen LogP contribution < -0.4 is 15.5 Å². The number of benzene rings is 1. The van der Waals surface area contributed by atoms with Gasteiger partial charge in [0.15, 0.2) is 0 Å². The summed E-state index contributed by atoms with van der Waals surface area (Å²) in [6.07, 6.45) is 7.31. The highest BCUT2D eigenvalue weighted by Crippen LogP contribution is 2.36. The molecule has 2 N–H and O–H groups in total. The summed E-state index contributed by atoms with van der Waals surface area (Å²) in [4.78, 5) is 26.4. The number of methoxy groups -OCH3 is 1. The number of aromatic nitrogens is 3. The fourth-order valence-electron chi connectivity index (χ4n) is 5.89. The minimum Gasteiger partial charge on any atom is -0.375 e. The van der Waals surface area contributed by atoms with Crippen molar-refractivity contribution < 1.29 is 13.9 Å². The molecule has 2 aliphatic heterocycles. The van der Waals surface area contributed by atoms with E-state index < -0.39 is 0 Å². The number of carbonyl (C=O) groups excluding carboxylic acids is 1. The number of hydrogen-bond donors (Lipinski definition) is 2. The van der Waals surface area contributed by atoms with Crippen LogP contribution in [0.5, 0.6) is 0 Å². The molecule has 1 saturated heterocycles. The molecule has 4 aromatic rings. The Hall–Kier alpha value is -4.02. The molecule has 3 aromatic heterocycles. The van der Waals surface area contributed by atoms with Crippen LogP contribution in [0.4, 0.5) is 21.6 Å². The monoisotopic (exact) mass is 529 g/mol. The summed E-state index contributed by atoms with van der Waals surface area (Å²) in [5, 5.41) is 6.28. The first kappa shape index (κ1) is 25.3. The lowest BCUT2D eigenvalue weighted by Crippen LogP contribution is -2.54. The van der Waals surface area contributed by atoms with Crippen LogP contribution in [0, 0.1) is 5.82 Å². The zero-order valence-electron chi connectivity index (χ0n) is 22.4. The van der Waals surface area contributed by atoms with Gasteiger partial charge in [0.25, 0.3) is 5.91 Å². The first-order valence-corrected chi connectivity index (χ1v) is 13.1. The first-order valence-electron chi connectivity index (χ1n) is 13.1. The molecule has 2 aliphatic rings. The van der Waals surface area contributed by atoms with Gasteiger partial charge in [0.2, 0.25) is 0 Å². The van der Waals surface area contributed by atoms with E-state index in [2.05, 4.69) is 50.6 Å². The maximum absolute atomic E-state index is 13.7. The third-order valence-corrected chi connectivity index (χ3v) is 7.67. The molecular formula is C29H32FN7O2. The lowest BCUT2D eigenvalue weighted by atomic mass is 9.91. The van der Waals surface area contributed by atoms with Crippen molar-refractivity contribution in [3.8, 4) is 11.3 Å². The van der Waals surface area contributed by atoms with Gasteiger partial charge >= 0.3 is 0 Å². The highest BCUT2D eigenvalue weighted by atomic mass is 19.1. The van der Waals surface area contributed by atoms with Crippen LogP contribution in [0.25, 0.3) is 16.9 Å². The van der Waals surface area contributed by atoms with Crippen LogP contribution in [0.15, 0.2) is 55.0 Å². The zero-order chi connectivity index (χ0) is 27.1. The fourth-order valence-corrected chi connectivity index (χ4v) is 5.89. The van der Waals surface area contributed by atoms with Crippen molar-refractivity contribution in [3.05, 3.63) is 71.9 Å². The largest absolute Gasteiger partial charge is 0.375 e. The molecule has 0 saturated carbocycles. The second kappa shape index (κ2) is 9.94. The number of likely N-dealkylation sites (N-methyl/N-ethyl adjacent to an activating group) is 1. The van der Waals surface area contributed by atoms with E-state index in [4.69, 9.17) is 4.74 Å². The van der Waals surface area contributed by atoms with Gasteiger partial charge in [-0.15, -0.1) is 0 Å². The Morgan fingerprint density at radius 3 is 2.82 bits per heavy atom. The molecule has 9 nitrogen and oxygen atoms in total. The second-order valence-electron chi connectivity index (χ2n) is 10.6. The minimum atomic E-state index is -0.341. The molecular weight excluding hydrogens is 497 g/mol. The standard InChI is InChI=1S/C29H32FN7O2/c1-35(2)17-29(39-3)10-4-11-36(18-29)20-5-8-25(31-14-20)34-23-7-6-21(22-15-33-28(38)27(22)23)24-16-32-26-13-19(30)9-12-37(24)26/h5-9,12-14,16H,4,10-11,15,17-18H2,1-3H3,(H,31,34)(H,33,38)/t29-/m0/s1. The molecule has 1 fully saturated rings. The van der Waals surface area contributed by atoms with Gasteiger partial charge in [-0.1, -0.05) is 6.07 Å². The van der Waals surface area contributed by atoms with Gasteiger partial charge in [-0.3, -0.25) is 9.20 Å². The van der Waals surface area contributed by atoms with E-state index in [0.29, 0.717) is 29.3 Å². The Bertz CT molecular complexity index is 1530. The Morgan fingerprint density at radius 1 is 1.18 bits per heavy atom. The second-order valence-corrected chi connectivity index (χ2v) is 10.6. The number of amides is 1. The topological polar surface area (TPSA) is 87.0 Å². The van der Waals surface area contributed by atoms with E-state index in [1.54, 1.807) is 19.5 Å². The molecule has 0 aliphatic carbocycles. The van der Waals surface area contributed by atoms with E-state index in [0.717, 1.165) is 55.0 Å². The number of halogens is 1. The Kier molecular flexibility index (Phi) is 6.44. The van der Waals surface area contributed by atoms with Crippen molar-refractivity contribution in [3.63, 3.8) is 0 Å². The molecule has 1 amide bonds. The number of anilines is 3. The molecule has 0 spiro atoms. The third-order valence-electron chi connectivity index (χ3n) is 7.67. The highest BCUT2D eigenvalue weighted by Gasteiger charge is 2.36. The van der Waals surface area contributed by atoms with Gasteiger partial charge in [0.05, 0.1) is 40.6 Å². The summed E-state index contributed by atoms with van der Waals surface area (Å²) in [7, 11) is 5.95. The number of piperidine rings is 1. The summed E-state index contributed by atoms with van der Waals surface area (Å²) in [6.45, 7) is 3.03. The van der Waals surface area contributed by atoms with Crippen LogP contribution in [0.2, 0.25) is 0 Å². The number of nitrogens with zero attached hydrogens (tertiary/aromatic N) is 5. The normalized spacial score (nSPS) is 19.0. The van der Waals surface area contributed by atoms with Gasteiger partial charge in [-0.2, -0.15) is 0 Å². The quantitative estimate of drug-likeness (QED) is 0.373. The van der Waals surface area contributed by atoms with Crippen LogP contribution in [0.3, 0.4) is 0 Å². The Labute approximate surface area is 226 Å². The van der Waals surface area contributed by atoms with Crippen LogP contribution in [-0.2, 0) is 11.3 Å². The number of fused-ring (bicyclic) bond motifs is 2. The van der Waals surface area contributed by atoms with Gasteiger partial charge in [-0.05, 0) is 56.8 Å². The minimum absolute atomic E-state index is 0.143. The summed E-state index contributed by atoms with van der Waals surface area (Å²) in [5.41, 5.74) is 5.17. The SMILES string of the molecule is CO[C@]1(CN(C)C)CCCN(c2ccc(Nc3ccc(-c4cnc5cc(F)ccn45)c4c3C(=O)NC4)nc2)C1. The van der Waals surface area contributed by atoms with Crippen molar-refractivity contribution in [2.24, 2.45) is 0 Å². The maximum Gasteiger partial charge on any atom is 0.254 e. The number of rotatable bonds is 7. The molecule has 1 aromatic carbocycles. The first-order chi connectivity index (χ1) is 18.9. The fraction of sp³-hybridized carbons (Fsp3) is 0.345. The molecule has 0 radical (unpaired) electrons. The van der Waals surface area contributed by atoms with E-state index >= 15 is 0 Å². The average molecular weight is 530 g/mol. The number of carbonyl (C=O) groups is 1. The zero-order valence-corrected chi connectivity index (χ0v) is 22.4. The predicted molar refractivity (Wildman–Crippen MR) is 149 cm³/mol. The smallest absolute Gasteiger partial charge is 0.254 e. The van der Waals surface area contributed by atoms with Gasteiger partial charge < -0.3 is 25.2 Å². The van der Waals surface area contributed by atoms with Gasteiger partial charge in [0, 0.05) is 51.1 Å². The molecule has 1 atom stereocenters. The van der Waals surface area contributed by atoms with E-state index in [1.165, 1.54) is 12.1 Å². The van der Waals surface area contributed by atoms with Gasteiger partial charge in [-0.25, -0.2) is 14.4 Å². The van der Waals surface area contributed by atoms with Crippen LogP contribution in [-0.4, -0.2) is 71.6 Å². The predicted octanol–water partition coefficient (Wildman–Crippen LogP) is 4.07. The molecule has 5 heterocycles. The summed E-state index contributed by atoms with van der Waals surface area (Å²) < 4.78 is 21.5. The van der Waals surface area contributed by atoms with Crippen molar-refractivity contribution in [1.82, 2.24) is 24.6 Å². The summed E-state index contributed by atoms with van der Waals surface area (Å²) in [6, 6.07) is 10.6. The van der Waals surface area contributed by atoms with Gasteiger partial charge in [0.1, 0.15) is 17.3 Å². The number of nitrogens with one attached hydrogen (secondary N) is 2. The molecule has 0 bridgehead atoms. The van der Waals surface area contributed by atoms with E-state index in [1.807, 2.05) is 28.8 Å². The molecule has 202 valence electrons. The van der Waals surface area contributed by atoms with E-state index in [9.17, 15) is 9.18 Å². The number of pyridine rings is 2. The lowest BCUT2D eigenvalue weighted by Gasteiger charge is -2.44. The van der Waals surface area contributed by atoms with Crippen LogP contribution >= 0.6 is 0 Å². The molecule has 6 rings (SSSR count). The molecule has 39 heavy (non-hydrogen) atoms. The van der Waals surface area contributed by atoms with Crippen molar-refractivity contribution in [2.75, 3.05) is 51.1 Å². The Morgan fingerprint density at radius 2 is 2.05 bits per heavy atom. The molecule has 10 heteroatoms. The number of ether oxygens (including phenoxy) is 1. The third kappa shape index (κ3) is 4.70. The van der Waals surface area contributed by atoms with Crippen LogP contribution in [0.1, 0.15) is 28.8 Å². The maximum atomic E-state index is 13.7. The molecule has 0 unspecified atom stereocenters. The highest BCUT2D eigenvalue weighted by molar-refractivity contribution is 6.06. The Balaban J connectivity index is 1.25. The summed E-state index contributed by atoms with van der Waals surface area (Å²) in [5.74, 6) is 0.171. The number of hydrogen-bond acceptors (Lipinski definition) is 7. The average Bonchev–Trinajstić information content (AvgIpc) is 3.53. The van der Waals surface area contributed by atoms with Crippen molar-refractivity contribution in [1.29, 1.82) is 0 Å². The number of imidazole rings is 1. The van der Waals surface area contributed by atoms with E-state index in [-0.39, 0.29) is 17.3 Å². The lowest BCUT2D eigenvalue weighted by molar-refractivity contribution is -0.0372. The van der Waals surface area contributed by atoms with Crippen molar-refractivity contribution in [2.45, 2.75) is 25.0 Å².